The van der Waals surface area contributed by atoms with E-state index in [-0.39, 0.29) is 12.2 Å². The van der Waals surface area contributed by atoms with Crippen molar-refractivity contribution in [2.45, 2.75) is 13.8 Å². The van der Waals surface area contributed by atoms with Gasteiger partial charge in [-0.3, -0.25) is 4.79 Å². The molecule has 0 bridgehead atoms. The van der Waals surface area contributed by atoms with E-state index < -0.39 is 17.5 Å². The van der Waals surface area contributed by atoms with E-state index in [1.165, 1.54) is 11.3 Å². The van der Waals surface area contributed by atoms with E-state index in [0.717, 1.165) is 32.3 Å². The van der Waals surface area contributed by atoms with Gasteiger partial charge in [0.25, 0.3) is 5.91 Å². The van der Waals surface area contributed by atoms with Crippen LogP contribution in [0.4, 0.5) is 5.00 Å². The van der Waals surface area contributed by atoms with Gasteiger partial charge in [0.15, 0.2) is 0 Å². The van der Waals surface area contributed by atoms with E-state index in [2.05, 4.69) is 5.32 Å². The number of amides is 1. The number of carbonyl (C=O) groups is 2. The topological polar surface area (TPSA) is 98.5 Å². The van der Waals surface area contributed by atoms with E-state index in [1.54, 1.807) is 26.0 Å². The van der Waals surface area contributed by atoms with Crippen LogP contribution in [0.25, 0.3) is 42.5 Å². The van der Waals surface area contributed by atoms with Crippen LogP contribution in [0.15, 0.2) is 75.9 Å². The smallest absolute Gasteiger partial charge is 0.349 e. The molecule has 3 aromatic carbocycles. The van der Waals surface area contributed by atoms with Gasteiger partial charge in [0.2, 0.25) is 0 Å². The van der Waals surface area contributed by atoms with Crippen LogP contribution in [0.1, 0.15) is 32.5 Å². The first kappa shape index (κ1) is 24.0. The molecule has 0 aliphatic heterocycles. The Kier molecular flexibility index (Phi) is 6.01. The molecular formula is C29H20N2O5S2. The van der Waals surface area contributed by atoms with Gasteiger partial charge in [-0.25, -0.2) is 14.6 Å². The minimum Gasteiger partial charge on any atom is -0.462 e. The molecule has 0 aliphatic carbocycles. The summed E-state index contributed by atoms with van der Waals surface area (Å²) < 4.78 is 11.7. The van der Waals surface area contributed by atoms with Crippen LogP contribution in [0, 0.1) is 6.92 Å². The Morgan fingerprint density at radius 3 is 2.61 bits per heavy atom. The Balaban J connectivity index is 1.47. The maximum absolute atomic E-state index is 13.5. The number of esters is 1. The lowest BCUT2D eigenvalue weighted by Gasteiger charge is -2.07. The molecule has 0 aliphatic rings. The van der Waals surface area contributed by atoms with Gasteiger partial charge in [-0.05, 0) is 54.4 Å². The van der Waals surface area contributed by atoms with Crippen LogP contribution in [0.3, 0.4) is 0 Å². The van der Waals surface area contributed by atoms with Crippen molar-refractivity contribution in [2.75, 3.05) is 11.9 Å². The molecule has 0 atom stereocenters. The number of aromatic nitrogens is 1. The lowest BCUT2D eigenvalue weighted by Crippen LogP contribution is -2.20. The van der Waals surface area contributed by atoms with Crippen LogP contribution in [-0.2, 0) is 4.74 Å². The summed E-state index contributed by atoms with van der Waals surface area (Å²) >= 11 is 2.56. The molecule has 3 heterocycles. The third-order valence-electron chi connectivity index (χ3n) is 6.23. The molecule has 38 heavy (non-hydrogen) atoms. The fraction of sp³-hybridized carbons (Fsp3) is 0.103. The molecule has 1 N–H and O–H groups in total. The van der Waals surface area contributed by atoms with Gasteiger partial charge in [0, 0.05) is 10.9 Å². The second-order valence-corrected chi connectivity index (χ2v) is 10.6. The Hall–Kier alpha value is -4.34. The first-order chi connectivity index (χ1) is 18.4. The lowest BCUT2D eigenvalue weighted by molar-refractivity contribution is 0.0531. The molecule has 0 spiro atoms. The number of nitrogens with one attached hydrogen (secondary N) is 1. The number of thiazole rings is 1. The van der Waals surface area contributed by atoms with Crippen molar-refractivity contribution in [3.05, 3.63) is 93.2 Å². The summed E-state index contributed by atoms with van der Waals surface area (Å²) in [6, 6.07) is 20.5. The predicted molar refractivity (Wildman–Crippen MR) is 152 cm³/mol. The average Bonchev–Trinajstić information content (AvgIpc) is 3.48. The van der Waals surface area contributed by atoms with Crippen molar-refractivity contribution < 1.29 is 18.7 Å². The molecule has 0 radical (unpaired) electrons. The number of benzene rings is 3. The maximum atomic E-state index is 13.5. The minimum absolute atomic E-state index is 0.132. The van der Waals surface area contributed by atoms with Gasteiger partial charge in [0.05, 0.1) is 16.8 Å². The summed E-state index contributed by atoms with van der Waals surface area (Å²) in [6.45, 7) is 3.76. The molecule has 188 valence electrons. The third-order valence-corrected chi connectivity index (χ3v) is 8.47. The number of hydrogen-bond acceptors (Lipinski definition) is 8. The first-order valence-corrected chi connectivity index (χ1v) is 13.5. The van der Waals surface area contributed by atoms with Crippen LogP contribution < -0.4 is 10.9 Å². The van der Waals surface area contributed by atoms with Crippen molar-refractivity contribution in [2.24, 2.45) is 0 Å². The van der Waals surface area contributed by atoms with E-state index in [1.807, 2.05) is 54.6 Å². The second-order valence-electron chi connectivity index (χ2n) is 8.57. The van der Waals surface area contributed by atoms with E-state index in [4.69, 9.17) is 14.1 Å². The van der Waals surface area contributed by atoms with Crippen LogP contribution >= 0.6 is 22.7 Å². The highest BCUT2D eigenvalue weighted by Crippen LogP contribution is 2.43. The summed E-state index contributed by atoms with van der Waals surface area (Å²) in [4.78, 5) is 44.1. The lowest BCUT2D eigenvalue weighted by atomic mass is 10.0. The summed E-state index contributed by atoms with van der Waals surface area (Å²) in [7, 11) is 0. The molecule has 0 saturated carbocycles. The van der Waals surface area contributed by atoms with Crippen molar-refractivity contribution in [3.63, 3.8) is 0 Å². The number of fused-ring (bicyclic) bond motifs is 4. The highest BCUT2D eigenvalue weighted by atomic mass is 32.1. The van der Waals surface area contributed by atoms with Gasteiger partial charge >= 0.3 is 11.6 Å². The number of para-hydroxylation sites is 1. The Morgan fingerprint density at radius 2 is 1.79 bits per heavy atom. The summed E-state index contributed by atoms with van der Waals surface area (Å²) in [6.07, 6.45) is 0. The first-order valence-electron chi connectivity index (χ1n) is 11.9. The molecule has 9 heteroatoms. The molecular weight excluding hydrogens is 520 g/mol. The zero-order valence-electron chi connectivity index (χ0n) is 20.4. The largest absolute Gasteiger partial charge is 0.462 e. The van der Waals surface area contributed by atoms with Gasteiger partial charge in [0.1, 0.15) is 26.0 Å². The number of carbonyl (C=O) groups excluding carboxylic acids is 2. The fourth-order valence-electron chi connectivity index (χ4n) is 4.43. The molecule has 3 aromatic heterocycles. The highest BCUT2D eigenvalue weighted by molar-refractivity contribution is 7.23. The predicted octanol–water partition coefficient (Wildman–Crippen LogP) is 7.02. The van der Waals surface area contributed by atoms with Gasteiger partial charge in [-0.15, -0.1) is 22.7 Å². The molecule has 7 nitrogen and oxygen atoms in total. The zero-order valence-corrected chi connectivity index (χ0v) is 22.0. The monoisotopic (exact) mass is 540 g/mol. The summed E-state index contributed by atoms with van der Waals surface area (Å²) in [5.74, 6) is -1.11. The van der Waals surface area contributed by atoms with E-state index in [0.29, 0.717) is 37.0 Å². The number of anilines is 1. The molecule has 0 saturated heterocycles. The van der Waals surface area contributed by atoms with Gasteiger partial charge in [-0.1, -0.05) is 42.5 Å². The normalized spacial score (nSPS) is 11.3. The Morgan fingerprint density at radius 1 is 1.00 bits per heavy atom. The number of nitrogens with zero attached hydrogens (tertiary/aromatic N) is 1. The van der Waals surface area contributed by atoms with Gasteiger partial charge < -0.3 is 14.5 Å². The Bertz CT molecular complexity index is 1920. The molecule has 6 rings (SSSR count). The number of hydrogen-bond donors (Lipinski definition) is 1. The zero-order chi connectivity index (χ0) is 26.4. The summed E-state index contributed by atoms with van der Waals surface area (Å²) in [5, 5.41) is 6.42. The molecule has 0 unspecified atom stereocenters. The minimum atomic E-state index is -0.745. The van der Waals surface area contributed by atoms with Crippen molar-refractivity contribution in [1.29, 1.82) is 0 Å². The standard InChI is InChI=1S/C29H20N2O5S2/c1-3-35-29(34)24-15(2)23(26-30-20-10-6-7-11-22(20)37-26)27(38-24)31-25(32)19-14-18-17-9-5-4-8-16(17)12-13-21(18)36-28(19)33/h4-14H,3H2,1-2H3,(H,31,32). The van der Waals surface area contributed by atoms with Crippen LogP contribution in [-0.4, -0.2) is 23.5 Å². The number of ether oxygens (including phenoxy) is 1. The Labute approximate surface area is 224 Å². The van der Waals surface area contributed by atoms with Crippen molar-refractivity contribution in [1.82, 2.24) is 4.98 Å². The third kappa shape index (κ3) is 4.06. The van der Waals surface area contributed by atoms with Gasteiger partial charge in [-0.2, -0.15) is 0 Å². The van der Waals surface area contributed by atoms with E-state index >= 15 is 0 Å². The van der Waals surface area contributed by atoms with E-state index in [9.17, 15) is 14.4 Å². The summed E-state index contributed by atoms with van der Waals surface area (Å²) in [5.41, 5.74) is 1.62. The van der Waals surface area contributed by atoms with Crippen molar-refractivity contribution >= 4 is 71.5 Å². The van der Waals surface area contributed by atoms with Crippen molar-refractivity contribution in [3.8, 4) is 10.6 Å². The molecule has 1 amide bonds. The maximum Gasteiger partial charge on any atom is 0.349 e. The fourth-order valence-corrected chi connectivity index (χ4v) is 6.67. The number of rotatable bonds is 5. The highest BCUT2D eigenvalue weighted by Gasteiger charge is 2.26. The molecule has 6 aromatic rings. The van der Waals surface area contributed by atoms with Crippen LogP contribution in [0.2, 0.25) is 0 Å². The second kappa shape index (κ2) is 9.51. The quantitative estimate of drug-likeness (QED) is 0.143. The number of thiophene rings is 1. The van der Waals surface area contributed by atoms with Crippen LogP contribution in [0.5, 0.6) is 0 Å². The SMILES string of the molecule is CCOC(=O)c1sc(NC(=O)c2cc3c(ccc4ccccc43)oc2=O)c(-c2nc3ccccc3s2)c1C. The molecule has 0 fully saturated rings. The average molecular weight is 541 g/mol.